The van der Waals surface area contributed by atoms with E-state index in [-0.39, 0.29) is 5.91 Å². The number of carbonyl (C=O) groups is 1. The molecule has 0 aromatic carbocycles. The molecule has 0 aromatic heterocycles. The van der Waals surface area contributed by atoms with Crippen molar-refractivity contribution < 1.29 is 4.79 Å². The largest absolute Gasteiger partial charge is 0.392 e. The Morgan fingerprint density at radius 2 is 1.95 bits per heavy atom. The number of likely N-dealkylation sites (tertiary alicyclic amines) is 1. The van der Waals surface area contributed by atoms with E-state index in [1.165, 1.54) is 25.7 Å². The fourth-order valence-electron chi connectivity index (χ4n) is 3.62. The van der Waals surface area contributed by atoms with Crippen LogP contribution in [0.25, 0.3) is 0 Å². The zero-order chi connectivity index (χ0) is 14.0. The van der Waals surface area contributed by atoms with Gasteiger partial charge in [-0.25, -0.2) is 0 Å². The van der Waals surface area contributed by atoms with Gasteiger partial charge < -0.3 is 10.6 Å². The number of thiocarbonyl (C=S) groups is 1. The standard InChI is InChI=1S/C15H26N2OS/c1-3-15(2,13(16)19)14(18)17-10-6-8-11-7-4-5-9-12(11)17/h11-12H,3-10H2,1-2H3,(H2,16,19). The van der Waals surface area contributed by atoms with Crippen molar-refractivity contribution in [1.82, 2.24) is 4.90 Å². The normalized spacial score (nSPS) is 30.3. The van der Waals surface area contributed by atoms with Crippen LogP contribution in [-0.4, -0.2) is 28.4 Å². The first-order valence-corrected chi connectivity index (χ1v) is 8.02. The molecule has 2 aliphatic rings. The first kappa shape index (κ1) is 14.8. The summed E-state index contributed by atoms with van der Waals surface area (Å²) in [7, 11) is 0. The third-order valence-electron chi connectivity index (χ3n) is 5.23. The van der Waals surface area contributed by atoms with E-state index in [0.29, 0.717) is 23.4 Å². The summed E-state index contributed by atoms with van der Waals surface area (Å²) in [6, 6.07) is 0.440. The summed E-state index contributed by atoms with van der Waals surface area (Å²) >= 11 is 5.15. The van der Waals surface area contributed by atoms with Crippen LogP contribution in [-0.2, 0) is 4.79 Å². The molecule has 2 N–H and O–H groups in total. The van der Waals surface area contributed by atoms with Crippen molar-refractivity contribution in [1.29, 1.82) is 0 Å². The van der Waals surface area contributed by atoms with Crippen LogP contribution in [0.3, 0.4) is 0 Å². The summed E-state index contributed by atoms with van der Waals surface area (Å²) in [5, 5.41) is 0. The molecule has 0 bridgehead atoms. The summed E-state index contributed by atoms with van der Waals surface area (Å²) in [5.41, 5.74) is 5.18. The second-order valence-electron chi connectivity index (χ2n) is 6.30. The van der Waals surface area contributed by atoms with Gasteiger partial charge in [-0.1, -0.05) is 32.0 Å². The molecule has 19 heavy (non-hydrogen) atoms. The number of hydrogen-bond acceptors (Lipinski definition) is 2. The third-order valence-corrected chi connectivity index (χ3v) is 5.68. The van der Waals surface area contributed by atoms with Gasteiger partial charge in [-0.15, -0.1) is 0 Å². The smallest absolute Gasteiger partial charge is 0.235 e. The van der Waals surface area contributed by atoms with Gasteiger partial charge in [0.05, 0.1) is 10.4 Å². The summed E-state index contributed by atoms with van der Waals surface area (Å²) in [5.74, 6) is 0.873. The van der Waals surface area contributed by atoms with Crippen LogP contribution in [0.1, 0.15) is 58.8 Å². The summed E-state index contributed by atoms with van der Waals surface area (Å²) in [4.78, 5) is 15.4. The Balaban J connectivity index is 2.19. The Labute approximate surface area is 121 Å². The minimum atomic E-state index is -0.658. The maximum atomic E-state index is 12.9. The summed E-state index contributed by atoms with van der Waals surface area (Å²) < 4.78 is 0. The SMILES string of the molecule is CCC(C)(C(=O)N1CCCC2CCCCC21)C(N)=S. The average molecular weight is 282 g/mol. The first-order valence-electron chi connectivity index (χ1n) is 7.61. The maximum Gasteiger partial charge on any atom is 0.235 e. The molecule has 2 fully saturated rings. The van der Waals surface area contributed by atoms with E-state index in [1.54, 1.807) is 0 Å². The average Bonchev–Trinajstić information content (AvgIpc) is 2.44. The molecule has 1 saturated heterocycles. The van der Waals surface area contributed by atoms with E-state index in [0.717, 1.165) is 19.4 Å². The zero-order valence-electron chi connectivity index (χ0n) is 12.2. The van der Waals surface area contributed by atoms with E-state index in [2.05, 4.69) is 4.90 Å². The van der Waals surface area contributed by atoms with Gasteiger partial charge in [-0.05, 0) is 44.9 Å². The Morgan fingerprint density at radius 3 is 2.58 bits per heavy atom. The highest BCUT2D eigenvalue weighted by atomic mass is 32.1. The van der Waals surface area contributed by atoms with Gasteiger partial charge in [0.25, 0.3) is 0 Å². The van der Waals surface area contributed by atoms with Crippen molar-refractivity contribution in [3.05, 3.63) is 0 Å². The molecule has 3 unspecified atom stereocenters. The van der Waals surface area contributed by atoms with E-state index in [4.69, 9.17) is 18.0 Å². The lowest BCUT2D eigenvalue weighted by atomic mass is 9.76. The lowest BCUT2D eigenvalue weighted by molar-refractivity contribution is -0.144. The predicted molar refractivity (Wildman–Crippen MR) is 81.9 cm³/mol. The molecule has 1 heterocycles. The highest BCUT2D eigenvalue weighted by Crippen LogP contribution is 2.38. The number of carbonyl (C=O) groups excluding carboxylic acids is 1. The van der Waals surface area contributed by atoms with Gasteiger partial charge >= 0.3 is 0 Å². The van der Waals surface area contributed by atoms with Crippen molar-refractivity contribution in [2.75, 3.05) is 6.54 Å². The number of fused-ring (bicyclic) bond motifs is 1. The van der Waals surface area contributed by atoms with Gasteiger partial charge in [0.2, 0.25) is 5.91 Å². The molecule has 0 radical (unpaired) electrons. The molecule has 3 atom stereocenters. The van der Waals surface area contributed by atoms with Crippen LogP contribution in [0, 0.1) is 11.3 Å². The maximum absolute atomic E-state index is 12.9. The monoisotopic (exact) mass is 282 g/mol. The minimum absolute atomic E-state index is 0.166. The molecule has 2 rings (SSSR count). The van der Waals surface area contributed by atoms with Crippen molar-refractivity contribution in [2.24, 2.45) is 17.1 Å². The second kappa shape index (κ2) is 5.78. The van der Waals surface area contributed by atoms with Crippen LogP contribution in [0.15, 0.2) is 0 Å². The molecule has 0 spiro atoms. The van der Waals surface area contributed by atoms with E-state index in [9.17, 15) is 4.79 Å². The summed E-state index contributed by atoms with van der Waals surface area (Å²) in [6.45, 7) is 4.79. The van der Waals surface area contributed by atoms with Gasteiger partial charge in [0.1, 0.15) is 0 Å². The van der Waals surface area contributed by atoms with Gasteiger partial charge in [0.15, 0.2) is 0 Å². The molecule has 3 nitrogen and oxygen atoms in total. The van der Waals surface area contributed by atoms with Crippen LogP contribution < -0.4 is 5.73 Å². The highest BCUT2D eigenvalue weighted by Gasteiger charge is 2.43. The molecular weight excluding hydrogens is 256 g/mol. The van der Waals surface area contributed by atoms with Crippen molar-refractivity contribution in [2.45, 2.75) is 64.8 Å². The minimum Gasteiger partial charge on any atom is -0.392 e. The topological polar surface area (TPSA) is 46.3 Å². The van der Waals surface area contributed by atoms with Crippen LogP contribution in [0.5, 0.6) is 0 Å². The van der Waals surface area contributed by atoms with Gasteiger partial charge in [-0.2, -0.15) is 0 Å². The Hall–Kier alpha value is -0.640. The van der Waals surface area contributed by atoms with Crippen molar-refractivity contribution in [3.63, 3.8) is 0 Å². The summed E-state index contributed by atoms with van der Waals surface area (Å²) in [6.07, 6.45) is 8.12. The number of nitrogens with two attached hydrogens (primary N) is 1. The van der Waals surface area contributed by atoms with Gasteiger partial charge in [-0.3, -0.25) is 4.79 Å². The molecular formula is C15H26N2OS. The molecule has 1 saturated carbocycles. The quantitative estimate of drug-likeness (QED) is 0.810. The Bertz CT molecular complexity index is 369. The van der Waals surface area contributed by atoms with E-state index in [1.807, 2.05) is 13.8 Å². The number of hydrogen-bond donors (Lipinski definition) is 1. The number of rotatable bonds is 3. The first-order chi connectivity index (χ1) is 9.00. The lowest BCUT2D eigenvalue weighted by Crippen LogP contribution is -2.56. The molecule has 108 valence electrons. The second-order valence-corrected chi connectivity index (χ2v) is 6.74. The van der Waals surface area contributed by atoms with Crippen LogP contribution in [0.4, 0.5) is 0 Å². The van der Waals surface area contributed by atoms with Crippen LogP contribution in [0.2, 0.25) is 0 Å². The fraction of sp³-hybridized carbons (Fsp3) is 0.867. The Morgan fingerprint density at radius 1 is 1.32 bits per heavy atom. The third kappa shape index (κ3) is 2.64. The highest BCUT2D eigenvalue weighted by molar-refractivity contribution is 7.80. The van der Waals surface area contributed by atoms with E-state index < -0.39 is 5.41 Å². The van der Waals surface area contributed by atoms with E-state index >= 15 is 0 Å². The molecule has 1 aliphatic carbocycles. The lowest BCUT2D eigenvalue weighted by Gasteiger charge is -2.46. The number of nitrogens with zero attached hydrogens (tertiary/aromatic N) is 1. The molecule has 1 amide bonds. The molecule has 0 aromatic rings. The molecule has 4 heteroatoms. The number of amides is 1. The van der Waals surface area contributed by atoms with Crippen molar-refractivity contribution >= 4 is 23.1 Å². The predicted octanol–water partition coefficient (Wildman–Crippen LogP) is 2.87. The van der Waals surface area contributed by atoms with Gasteiger partial charge in [0, 0.05) is 12.6 Å². The van der Waals surface area contributed by atoms with Crippen molar-refractivity contribution in [3.8, 4) is 0 Å². The number of piperidine rings is 1. The van der Waals surface area contributed by atoms with Crippen LogP contribution >= 0.6 is 12.2 Å². The molecule has 1 aliphatic heterocycles. The Kier molecular flexibility index (Phi) is 4.49. The fourth-order valence-corrected chi connectivity index (χ4v) is 3.86. The zero-order valence-corrected chi connectivity index (χ0v) is 13.0.